The van der Waals surface area contributed by atoms with Crippen molar-refractivity contribution in [3.8, 4) is 5.75 Å². The van der Waals surface area contributed by atoms with Crippen LogP contribution in [0, 0.1) is 8.99 Å². The highest BCUT2D eigenvalue weighted by Crippen LogP contribution is 2.37. The normalized spacial score (nSPS) is 17.9. The molecule has 0 radical (unpaired) electrons. The number of halogens is 1. The van der Waals surface area contributed by atoms with Crippen molar-refractivity contribution in [3.63, 3.8) is 0 Å². The number of para-hydroxylation sites is 1. The molecule has 0 unspecified atom stereocenters. The molecular formula is C15H18INO2. The predicted octanol–water partition coefficient (Wildman–Crippen LogP) is 3.98. The number of nitrogens with one attached hydrogen (secondary N) is 1. The molecule has 1 aromatic rings. The summed E-state index contributed by atoms with van der Waals surface area (Å²) < 4.78 is 6.44. The first-order chi connectivity index (χ1) is 8.91. The van der Waals surface area contributed by atoms with E-state index in [1.807, 2.05) is 18.2 Å². The van der Waals surface area contributed by atoms with Gasteiger partial charge in [-0.3, -0.25) is 4.79 Å². The molecule has 0 heterocycles. The minimum Gasteiger partial charge on any atom is -0.495 e. The maximum Gasteiger partial charge on any atom is 0.157 e. The van der Waals surface area contributed by atoms with Crippen LogP contribution >= 0.6 is 22.6 Å². The number of hydrogen-bond acceptors (Lipinski definition) is 3. The quantitative estimate of drug-likeness (QED) is 0.817. The lowest BCUT2D eigenvalue weighted by molar-refractivity contribution is -0.117. The first-order valence-corrected chi connectivity index (χ1v) is 7.32. The highest BCUT2D eigenvalue weighted by atomic mass is 127. The van der Waals surface area contributed by atoms with Crippen molar-refractivity contribution in [2.24, 2.45) is 5.41 Å². The van der Waals surface area contributed by atoms with Crippen LogP contribution < -0.4 is 10.1 Å². The Labute approximate surface area is 127 Å². The SMILES string of the molecule is COc1cccc(I)c1NC1=CC(=O)CC(C)(C)C1. The molecule has 1 N–H and O–H groups in total. The van der Waals surface area contributed by atoms with Gasteiger partial charge in [-0.1, -0.05) is 19.9 Å². The van der Waals surface area contributed by atoms with Gasteiger partial charge in [0, 0.05) is 21.8 Å². The highest BCUT2D eigenvalue weighted by molar-refractivity contribution is 14.1. The predicted molar refractivity (Wildman–Crippen MR) is 85.4 cm³/mol. The van der Waals surface area contributed by atoms with Crippen molar-refractivity contribution in [1.29, 1.82) is 0 Å². The third-order valence-electron chi connectivity index (χ3n) is 3.14. The minimum absolute atomic E-state index is 0.0155. The average molecular weight is 371 g/mol. The number of carbonyl (C=O) groups is 1. The number of ether oxygens (including phenoxy) is 1. The minimum atomic E-state index is 0.0155. The Morgan fingerprint density at radius 1 is 1.32 bits per heavy atom. The second-order valence-electron chi connectivity index (χ2n) is 5.60. The number of allylic oxidation sites excluding steroid dienone is 2. The van der Waals surface area contributed by atoms with Gasteiger partial charge < -0.3 is 10.1 Å². The van der Waals surface area contributed by atoms with Crippen molar-refractivity contribution in [2.75, 3.05) is 12.4 Å². The Morgan fingerprint density at radius 3 is 2.68 bits per heavy atom. The van der Waals surface area contributed by atoms with Crippen LogP contribution in [0.3, 0.4) is 0 Å². The van der Waals surface area contributed by atoms with Crippen molar-refractivity contribution < 1.29 is 9.53 Å². The molecule has 0 atom stereocenters. The Hall–Kier alpha value is -1.04. The Bertz CT molecular complexity index is 535. The second-order valence-corrected chi connectivity index (χ2v) is 6.76. The first-order valence-electron chi connectivity index (χ1n) is 6.24. The lowest BCUT2D eigenvalue weighted by Crippen LogP contribution is -2.24. The summed E-state index contributed by atoms with van der Waals surface area (Å²) in [7, 11) is 1.65. The zero-order valence-corrected chi connectivity index (χ0v) is 13.6. The highest BCUT2D eigenvalue weighted by Gasteiger charge is 2.28. The lowest BCUT2D eigenvalue weighted by Gasteiger charge is -2.29. The van der Waals surface area contributed by atoms with Gasteiger partial charge in [0.05, 0.1) is 12.8 Å². The van der Waals surface area contributed by atoms with Gasteiger partial charge in [0.15, 0.2) is 5.78 Å². The summed E-state index contributed by atoms with van der Waals surface area (Å²) in [6, 6.07) is 5.89. The molecule has 0 saturated carbocycles. The molecule has 0 amide bonds. The van der Waals surface area contributed by atoms with Crippen molar-refractivity contribution in [2.45, 2.75) is 26.7 Å². The van der Waals surface area contributed by atoms with E-state index in [0.29, 0.717) is 6.42 Å². The smallest absolute Gasteiger partial charge is 0.157 e. The summed E-state index contributed by atoms with van der Waals surface area (Å²) in [5.74, 6) is 0.979. The van der Waals surface area contributed by atoms with E-state index in [9.17, 15) is 4.79 Å². The van der Waals surface area contributed by atoms with Gasteiger partial charge in [-0.25, -0.2) is 0 Å². The van der Waals surface area contributed by atoms with E-state index in [1.165, 1.54) is 0 Å². The molecule has 1 aromatic carbocycles. The van der Waals surface area contributed by atoms with Crippen LogP contribution in [-0.4, -0.2) is 12.9 Å². The van der Waals surface area contributed by atoms with E-state index in [-0.39, 0.29) is 11.2 Å². The zero-order chi connectivity index (χ0) is 14.0. The fourth-order valence-electron chi connectivity index (χ4n) is 2.38. The van der Waals surface area contributed by atoms with Crippen LogP contribution in [0.2, 0.25) is 0 Å². The van der Waals surface area contributed by atoms with Gasteiger partial charge in [-0.2, -0.15) is 0 Å². The molecule has 3 nitrogen and oxygen atoms in total. The van der Waals surface area contributed by atoms with Gasteiger partial charge in [0.1, 0.15) is 5.75 Å². The maximum atomic E-state index is 11.8. The molecule has 0 aliphatic heterocycles. The van der Waals surface area contributed by atoms with Crippen molar-refractivity contribution in [3.05, 3.63) is 33.5 Å². The van der Waals surface area contributed by atoms with E-state index in [2.05, 4.69) is 41.8 Å². The fraction of sp³-hybridized carbons (Fsp3) is 0.400. The molecule has 19 heavy (non-hydrogen) atoms. The van der Waals surface area contributed by atoms with E-state index >= 15 is 0 Å². The number of anilines is 1. The fourth-order valence-corrected chi connectivity index (χ4v) is 2.99. The number of rotatable bonds is 3. The first kappa shape index (κ1) is 14.4. The van der Waals surface area contributed by atoms with Crippen LogP contribution in [0.5, 0.6) is 5.75 Å². The van der Waals surface area contributed by atoms with Crippen LogP contribution in [-0.2, 0) is 4.79 Å². The lowest BCUT2D eigenvalue weighted by atomic mass is 9.79. The molecule has 0 spiro atoms. The summed E-state index contributed by atoms with van der Waals surface area (Å²) in [6.45, 7) is 4.24. The summed E-state index contributed by atoms with van der Waals surface area (Å²) in [5, 5.41) is 3.36. The number of methoxy groups -OCH3 is 1. The molecule has 0 bridgehead atoms. The van der Waals surface area contributed by atoms with E-state index < -0.39 is 0 Å². The van der Waals surface area contributed by atoms with Gasteiger partial charge in [0.2, 0.25) is 0 Å². The number of carbonyl (C=O) groups excluding carboxylic acids is 1. The third kappa shape index (κ3) is 3.49. The van der Waals surface area contributed by atoms with Crippen LogP contribution in [0.15, 0.2) is 30.0 Å². The molecule has 2 rings (SSSR count). The molecule has 0 aromatic heterocycles. The molecule has 1 aliphatic rings. The number of ketones is 1. The Balaban J connectivity index is 2.29. The summed E-state index contributed by atoms with van der Waals surface area (Å²) in [6.07, 6.45) is 3.20. The Morgan fingerprint density at radius 2 is 2.05 bits per heavy atom. The summed E-state index contributed by atoms with van der Waals surface area (Å²) in [5.41, 5.74) is 1.91. The van der Waals surface area contributed by atoms with Crippen LogP contribution in [0.4, 0.5) is 5.69 Å². The molecule has 1 aliphatic carbocycles. The summed E-state index contributed by atoms with van der Waals surface area (Å²) in [4.78, 5) is 11.8. The van der Waals surface area contributed by atoms with E-state index in [0.717, 1.165) is 27.1 Å². The van der Waals surface area contributed by atoms with Gasteiger partial charge in [-0.05, 0) is 46.6 Å². The molecule has 0 saturated heterocycles. The summed E-state index contributed by atoms with van der Waals surface area (Å²) >= 11 is 2.26. The third-order valence-corrected chi connectivity index (χ3v) is 4.04. The van der Waals surface area contributed by atoms with Crippen molar-refractivity contribution in [1.82, 2.24) is 0 Å². The monoisotopic (exact) mass is 371 g/mol. The number of hydrogen-bond donors (Lipinski definition) is 1. The van der Waals surface area contributed by atoms with Gasteiger partial charge in [-0.15, -0.1) is 0 Å². The van der Waals surface area contributed by atoms with E-state index in [4.69, 9.17) is 4.74 Å². The van der Waals surface area contributed by atoms with E-state index in [1.54, 1.807) is 13.2 Å². The molecule has 102 valence electrons. The molecule has 0 fully saturated rings. The standard InChI is InChI=1S/C15H18INO2/c1-15(2)8-10(7-11(18)9-15)17-14-12(16)5-4-6-13(14)19-3/h4-7,17H,8-9H2,1-3H3. The largest absolute Gasteiger partial charge is 0.495 e. The van der Waals surface area contributed by atoms with Crippen LogP contribution in [0.1, 0.15) is 26.7 Å². The average Bonchev–Trinajstić information content (AvgIpc) is 2.29. The van der Waals surface area contributed by atoms with Crippen molar-refractivity contribution >= 4 is 34.1 Å². The number of benzene rings is 1. The molecule has 4 heteroatoms. The molecular weight excluding hydrogens is 353 g/mol. The Kier molecular flexibility index (Phi) is 4.18. The van der Waals surface area contributed by atoms with Crippen LogP contribution in [0.25, 0.3) is 0 Å². The maximum absolute atomic E-state index is 11.8. The zero-order valence-electron chi connectivity index (χ0n) is 11.4. The topological polar surface area (TPSA) is 38.3 Å². The van der Waals surface area contributed by atoms with Gasteiger partial charge in [0.25, 0.3) is 0 Å². The second kappa shape index (κ2) is 5.53. The van der Waals surface area contributed by atoms with Gasteiger partial charge >= 0.3 is 0 Å².